The molecule has 0 radical (unpaired) electrons. The minimum atomic E-state index is 0.0139. The Morgan fingerprint density at radius 1 is 1.33 bits per heavy atom. The van der Waals surface area contributed by atoms with E-state index in [0.29, 0.717) is 0 Å². The van der Waals surface area contributed by atoms with Gasteiger partial charge in [0.15, 0.2) is 0 Å². The molecular weight excluding hydrogens is 110 g/mol. The van der Waals surface area contributed by atoms with E-state index in [4.69, 9.17) is 12.2 Å². The molecule has 0 amide bonds. The van der Waals surface area contributed by atoms with Crippen molar-refractivity contribution in [3.63, 3.8) is 0 Å². The first-order chi connectivity index (χ1) is 4.34. The monoisotopic (exact) mass is 119 g/mol. The third kappa shape index (κ3) is 1.22. The van der Waals surface area contributed by atoms with Gasteiger partial charge in [0.05, 0.1) is 5.92 Å². The molecule has 46 valence electrons. The molecule has 1 nitrogen and oxygen atoms in total. The lowest BCUT2D eigenvalue weighted by molar-refractivity contribution is 0.705. The summed E-state index contributed by atoms with van der Waals surface area (Å²) in [6.07, 6.45) is 12.9. The minimum Gasteiger partial charge on any atom is -0.323 e. The second-order valence-corrected chi connectivity index (χ2v) is 2.04. The molecule has 0 aromatic carbocycles. The van der Waals surface area contributed by atoms with Gasteiger partial charge in [0, 0.05) is 6.04 Å². The van der Waals surface area contributed by atoms with Gasteiger partial charge in [-0.25, -0.2) is 0 Å². The topological polar surface area (TPSA) is 26.0 Å². The average molecular weight is 119 g/mol. The fraction of sp³-hybridized carbons (Fsp3) is 0.250. The van der Waals surface area contributed by atoms with Crippen LogP contribution in [0.25, 0.3) is 0 Å². The summed E-state index contributed by atoms with van der Waals surface area (Å²) in [5, 5.41) is 0. The van der Waals surface area contributed by atoms with Gasteiger partial charge in [0.25, 0.3) is 0 Å². The number of nitrogens with two attached hydrogens (primary N) is 1. The van der Waals surface area contributed by atoms with E-state index in [1.54, 1.807) is 0 Å². The molecule has 0 saturated carbocycles. The van der Waals surface area contributed by atoms with Gasteiger partial charge >= 0.3 is 0 Å². The SMILES string of the molecule is C#CC1C=CC=CC1N. The molecule has 0 fully saturated rings. The van der Waals surface area contributed by atoms with Gasteiger partial charge in [-0.3, -0.25) is 0 Å². The van der Waals surface area contributed by atoms with Crippen molar-refractivity contribution in [3.8, 4) is 12.3 Å². The van der Waals surface area contributed by atoms with Gasteiger partial charge in [-0.2, -0.15) is 0 Å². The molecular formula is C8H9N. The first kappa shape index (κ1) is 6.12. The Morgan fingerprint density at radius 3 is 2.44 bits per heavy atom. The molecule has 1 heteroatoms. The van der Waals surface area contributed by atoms with Crippen LogP contribution in [0.3, 0.4) is 0 Å². The van der Waals surface area contributed by atoms with E-state index in [-0.39, 0.29) is 12.0 Å². The Morgan fingerprint density at radius 2 is 2.00 bits per heavy atom. The number of terminal acetylenes is 1. The molecule has 0 heterocycles. The minimum absolute atomic E-state index is 0.0139. The van der Waals surface area contributed by atoms with E-state index in [2.05, 4.69) is 5.92 Å². The third-order valence-electron chi connectivity index (χ3n) is 1.37. The summed E-state index contributed by atoms with van der Waals surface area (Å²) in [4.78, 5) is 0. The lowest BCUT2D eigenvalue weighted by Gasteiger charge is -2.13. The third-order valence-corrected chi connectivity index (χ3v) is 1.37. The molecule has 0 bridgehead atoms. The van der Waals surface area contributed by atoms with Crippen molar-refractivity contribution in [2.45, 2.75) is 6.04 Å². The highest BCUT2D eigenvalue weighted by Gasteiger charge is 2.09. The Hall–Kier alpha value is -1.00. The molecule has 1 rings (SSSR count). The molecule has 0 aromatic rings. The van der Waals surface area contributed by atoms with Crippen LogP contribution in [0.2, 0.25) is 0 Å². The van der Waals surface area contributed by atoms with Crippen LogP contribution in [-0.2, 0) is 0 Å². The molecule has 0 spiro atoms. The first-order valence-electron chi connectivity index (χ1n) is 2.91. The van der Waals surface area contributed by atoms with Crippen molar-refractivity contribution in [2.75, 3.05) is 0 Å². The van der Waals surface area contributed by atoms with Crippen LogP contribution >= 0.6 is 0 Å². The zero-order valence-electron chi connectivity index (χ0n) is 5.12. The summed E-state index contributed by atoms with van der Waals surface area (Å²) in [7, 11) is 0. The highest BCUT2D eigenvalue weighted by atomic mass is 14.6. The van der Waals surface area contributed by atoms with Crippen LogP contribution in [0.5, 0.6) is 0 Å². The maximum Gasteiger partial charge on any atom is 0.0570 e. The fourth-order valence-electron chi connectivity index (χ4n) is 0.791. The number of hydrogen-bond donors (Lipinski definition) is 1. The molecule has 0 aliphatic heterocycles. The Kier molecular flexibility index (Phi) is 1.72. The van der Waals surface area contributed by atoms with Gasteiger partial charge in [0.2, 0.25) is 0 Å². The van der Waals surface area contributed by atoms with Crippen LogP contribution in [-0.4, -0.2) is 6.04 Å². The van der Waals surface area contributed by atoms with Crippen LogP contribution in [0.15, 0.2) is 24.3 Å². The first-order valence-corrected chi connectivity index (χ1v) is 2.91. The zero-order valence-corrected chi connectivity index (χ0v) is 5.12. The molecule has 2 atom stereocenters. The van der Waals surface area contributed by atoms with Crippen molar-refractivity contribution < 1.29 is 0 Å². The highest BCUT2D eigenvalue weighted by molar-refractivity contribution is 5.23. The van der Waals surface area contributed by atoms with E-state index < -0.39 is 0 Å². The van der Waals surface area contributed by atoms with Crippen molar-refractivity contribution in [3.05, 3.63) is 24.3 Å². The van der Waals surface area contributed by atoms with Crippen molar-refractivity contribution >= 4 is 0 Å². The van der Waals surface area contributed by atoms with Gasteiger partial charge in [-0.05, 0) is 0 Å². The molecule has 2 unspecified atom stereocenters. The van der Waals surface area contributed by atoms with Crippen molar-refractivity contribution in [1.82, 2.24) is 0 Å². The summed E-state index contributed by atoms with van der Waals surface area (Å²) in [6.45, 7) is 0. The Balaban J connectivity index is 2.68. The maximum absolute atomic E-state index is 5.61. The quantitative estimate of drug-likeness (QED) is 0.466. The summed E-state index contributed by atoms with van der Waals surface area (Å²) >= 11 is 0. The summed E-state index contributed by atoms with van der Waals surface area (Å²) in [5.74, 6) is 2.68. The smallest absolute Gasteiger partial charge is 0.0570 e. The highest BCUT2D eigenvalue weighted by Crippen LogP contribution is 2.07. The summed E-state index contributed by atoms with van der Waals surface area (Å²) in [6, 6.07) is 0.0139. The van der Waals surface area contributed by atoms with Gasteiger partial charge in [0.1, 0.15) is 0 Å². The Labute approximate surface area is 55.2 Å². The van der Waals surface area contributed by atoms with Gasteiger partial charge < -0.3 is 5.73 Å². The molecule has 1 aliphatic rings. The normalized spacial score (nSPS) is 32.0. The van der Waals surface area contributed by atoms with Crippen LogP contribution in [0.4, 0.5) is 0 Å². The molecule has 0 saturated heterocycles. The lowest BCUT2D eigenvalue weighted by atomic mass is 9.97. The lowest BCUT2D eigenvalue weighted by Crippen LogP contribution is -2.26. The molecule has 1 aliphatic carbocycles. The molecule has 9 heavy (non-hydrogen) atoms. The predicted molar refractivity (Wildman–Crippen MR) is 38.6 cm³/mol. The van der Waals surface area contributed by atoms with Crippen molar-refractivity contribution in [2.24, 2.45) is 11.7 Å². The number of hydrogen-bond acceptors (Lipinski definition) is 1. The second-order valence-electron chi connectivity index (χ2n) is 2.04. The standard InChI is InChI=1S/C8H9N/c1-2-7-5-3-4-6-8(7)9/h1,3-8H,9H2. The molecule has 2 N–H and O–H groups in total. The zero-order chi connectivity index (χ0) is 6.69. The predicted octanol–water partition coefficient (Wildman–Crippen LogP) is 0.689. The fourth-order valence-corrected chi connectivity index (χ4v) is 0.791. The van der Waals surface area contributed by atoms with E-state index >= 15 is 0 Å². The Bertz CT molecular complexity index is 183. The van der Waals surface area contributed by atoms with E-state index in [9.17, 15) is 0 Å². The van der Waals surface area contributed by atoms with E-state index in [1.165, 1.54) is 0 Å². The van der Waals surface area contributed by atoms with Gasteiger partial charge in [-0.1, -0.05) is 30.2 Å². The van der Waals surface area contributed by atoms with E-state index in [0.717, 1.165) is 0 Å². The van der Waals surface area contributed by atoms with Crippen LogP contribution in [0.1, 0.15) is 0 Å². The van der Waals surface area contributed by atoms with E-state index in [1.807, 2.05) is 24.3 Å². The summed E-state index contributed by atoms with van der Waals surface area (Å²) in [5.41, 5.74) is 5.61. The number of allylic oxidation sites excluding steroid dienone is 2. The summed E-state index contributed by atoms with van der Waals surface area (Å²) < 4.78 is 0. The number of rotatable bonds is 0. The maximum atomic E-state index is 5.61. The largest absolute Gasteiger partial charge is 0.323 e. The van der Waals surface area contributed by atoms with Crippen molar-refractivity contribution in [1.29, 1.82) is 0 Å². The van der Waals surface area contributed by atoms with Crippen LogP contribution in [0, 0.1) is 18.3 Å². The van der Waals surface area contributed by atoms with Gasteiger partial charge in [-0.15, -0.1) is 6.42 Å². The second kappa shape index (κ2) is 2.52. The average Bonchev–Trinajstić information content (AvgIpc) is 1.89. The van der Waals surface area contributed by atoms with Crippen LogP contribution < -0.4 is 5.73 Å². The molecule has 0 aromatic heterocycles.